The van der Waals surface area contributed by atoms with E-state index in [9.17, 15) is 5.11 Å². The Morgan fingerprint density at radius 1 is 1.26 bits per heavy atom. The lowest BCUT2D eigenvalue weighted by atomic mass is 9.97. The van der Waals surface area contributed by atoms with Crippen LogP contribution in [0.25, 0.3) is 22.3 Å². The van der Waals surface area contributed by atoms with Gasteiger partial charge in [0, 0.05) is 47.9 Å². The van der Waals surface area contributed by atoms with Gasteiger partial charge in [-0.25, -0.2) is 4.98 Å². The highest BCUT2D eigenvalue weighted by Crippen LogP contribution is 2.29. The zero-order valence-corrected chi connectivity index (χ0v) is 16.4. The van der Waals surface area contributed by atoms with Crippen molar-refractivity contribution in [1.29, 1.82) is 0 Å². The summed E-state index contributed by atoms with van der Waals surface area (Å²) in [5.41, 5.74) is 4.99. The highest BCUT2D eigenvalue weighted by atomic mass is 16.3. The molecule has 1 fully saturated rings. The van der Waals surface area contributed by atoms with E-state index in [1.165, 1.54) is 5.56 Å². The third-order valence-corrected chi connectivity index (χ3v) is 5.42. The molecule has 6 nitrogen and oxygen atoms in total. The van der Waals surface area contributed by atoms with Gasteiger partial charge in [0.25, 0.3) is 0 Å². The van der Waals surface area contributed by atoms with Crippen LogP contribution in [0.5, 0.6) is 5.75 Å². The number of hydrogen-bond donors (Lipinski definition) is 3. The molecular weight excluding hydrogens is 338 g/mol. The van der Waals surface area contributed by atoms with E-state index < -0.39 is 0 Å². The van der Waals surface area contributed by atoms with Gasteiger partial charge in [0.15, 0.2) is 5.65 Å². The van der Waals surface area contributed by atoms with E-state index >= 15 is 0 Å². The van der Waals surface area contributed by atoms with E-state index in [1.54, 1.807) is 12.1 Å². The van der Waals surface area contributed by atoms with Crippen LogP contribution in [0, 0.1) is 6.92 Å². The van der Waals surface area contributed by atoms with Crippen LogP contribution in [0.4, 0.5) is 0 Å². The molecule has 1 unspecified atom stereocenters. The van der Waals surface area contributed by atoms with Crippen LogP contribution in [-0.4, -0.2) is 49.9 Å². The van der Waals surface area contributed by atoms with E-state index in [2.05, 4.69) is 47.3 Å². The van der Waals surface area contributed by atoms with Crippen LogP contribution in [-0.2, 0) is 6.54 Å². The largest absolute Gasteiger partial charge is 0.508 e. The van der Waals surface area contributed by atoms with Crippen molar-refractivity contribution in [3.8, 4) is 17.0 Å². The highest BCUT2D eigenvalue weighted by molar-refractivity contribution is 5.84. The molecular formula is C21H27N5O. The molecule has 4 rings (SSSR count). The van der Waals surface area contributed by atoms with Gasteiger partial charge in [0.05, 0.1) is 5.69 Å². The molecule has 0 bridgehead atoms. The lowest BCUT2D eigenvalue weighted by Crippen LogP contribution is -2.60. The second kappa shape index (κ2) is 6.62. The monoisotopic (exact) mass is 365 g/mol. The minimum absolute atomic E-state index is 0.101. The van der Waals surface area contributed by atoms with E-state index in [0.29, 0.717) is 6.04 Å². The predicted molar refractivity (Wildman–Crippen MR) is 108 cm³/mol. The van der Waals surface area contributed by atoms with Crippen LogP contribution in [0.15, 0.2) is 30.3 Å². The first-order valence-corrected chi connectivity index (χ1v) is 9.45. The number of aromatic amines is 1. The molecule has 3 heterocycles. The molecule has 3 aromatic rings. The molecule has 1 aliphatic heterocycles. The van der Waals surface area contributed by atoms with Gasteiger partial charge in [-0.05, 0) is 63.6 Å². The molecule has 3 N–H and O–H groups in total. The zero-order valence-electron chi connectivity index (χ0n) is 16.4. The number of benzene rings is 1. The summed E-state index contributed by atoms with van der Waals surface area (Å²) in [6, 6.07) is 9.80. The minimum atomic E-state index is 0.101. The molecule has 0 spiro atoms. The van der Waals surface area contributed by atoms with Gasteiger partial charge in [-0.1, -0.05) is 0 Å². The number of nitrogens with one attached hydrogen (secondary N) is 2. The van der Waals surface area contributed by atoms with Crippen molar-refractivity contribution in [2.24, 2.45) is 0 Å². The van der Waals surface area contributed by atoms with Crippen molar-refractivity contribution in [3.05, 3.63) is 41.6 Å². The summed E-state index contributed by atoms with van der Waals surface area (Å²) in [5.74, 6) is 0.257. The number of aromatic hydroxyl groups is 1. The highest BCUT2D eigenvalue weighted by Gasteiger charge is 2.30. The Morgan fingerprint density at radius 2 is 2.00 bits per heavy atom. The molecule has 6 heteroatoms. The zero-order chi connectivity index (χ0) is 19.2. The van der Waals surface area contributed by atoms with Crippen LogP contribution in [0.1, 0.15) is 32.0 Å². The van der Waals surface area contributed by atoms with E-state index in [1.807, 2.05) is 19.1 Å². The van der Waals surface area contributed by atoms with Crippen molar-refractivity contribution in [3.63, 3.8) is 0 Å². The predicted octanol–water partition coefficient (Wildman–Crippen LogP) is 3.21. The molecule has 1 atom stereocenters. The minimum Gasteiger partial charge on any atom is -0.508 e. The van der Waals surface area contributed by atoms with Crippen LogP contribution >= 0.6 is 0 Å². The van der Waals surface area contributed by atoms with Gasteiger partial charge >= 0.3 is 0 Å². The second-order valence-electron chi connectivity index (χ2n) is 8.28. The topological polar surface area (TPSA) is 77.1 Å². The smallest absolute Gasteiger partial charge is 0.182 e. The number of phenolic OH excluding ortho intramolecular Hbond substituents is 1. The Labute approximate surface area is 159 Å². The number of fused-ring (bicyclic) bond motifs is 1. The molecule has 1 saturated heterocycles. The van der Waals surface area contributed by atoms with E-state index in [-0.39, 0.29) is 11.3 Å². The van der Waals surface area contributed by atoms with Crippen LogP contribution in [0.3, 0.4) is 0 Å². The lowest BCUT2D eigenvalue weighted by Gasteiger charge is -2.43. The first kappa shape index (κ1) is 17.9. The van der Waals surface area contributed by atoms with Crippen molar-refractivity contribution < 1.29 is 5.11 Å². The molecule has 0 saturated carbocycles. The van der Waals surface area contributed by atoms with Gasteiger partial charge in [0.2, 0.25) is 0 Å². The quantitative estimate of drug-likeness (QED) is 0.664. The first-order chi connectivity index (χ1) is 12.8. The second-order valence-corrected chi connectivity index (χ2v) is 8.28. The van der Waals surface area contributed by atoms with Crippen molar-refractivity contribution in [1.82, 2.24) is 25.4 Å². The third-order valence-electron chi connectivity index (χ3n) is 5.42. The standard InChI is InChI=1S/C21H27N5O/c1-13-10-22-21(3,4)12-26(13)11-16-9-18(15-5-7-17(27)8-6-15)23-20-19(16)14(2)24-25-20/h5-9,13,22,27H,10-12H2,1-4H3,(H,23,24,25). The number of rotatable bonds is 3. The summed E-state index contributed by atoms with van der Waals surface area (Å²) in [6.45, 7) is 11.6. The summed E-state index contributed by atoms with van der Waals surface area (Å²) in [5, 5.41) is 21.8. The molecule has 1 aromatic carbocycles. The van der Waals surface area contributed by atoms with Crippen LogP contribution < -0.4 is 5.32 Å². The Morgan fingerprint density at radius 3 is 2.74 bits per heavy atom. The number of hydrogen-bond acceptors (Lipinski definition) is 5. The number of phenols is 1. The molecule has 142 valence electrons. The maximum Gasteiger partial charge on any atom is 0.182 e. The number of piperazine rings is 1. The van der Waals surface area contributed by atoms with Gasteiger partial charge in [-0.3, -0.25) is 10.00 Å². The summed E-state index contributed by atoms with van der Waals surface area (Å²) in [6.07, 6.45) is 0. The van der Waals surface area contributed by atoms with Crippen molar-refractivity contribution >= 4 is 11.0 Å². The third kappa shape index (κ3) is 3.55. The molecule has 2 aromatic heterocycles. The SMILES string of the molecule is Cc1[nH]nc2nc(-c3ccc(O)cc3)cc(CN3CC(C)(C)NCC3C)c12. The Bertz CT molecular complexity index is 961. The number of pyridine rings is 1. The normalized spacial score (nSPS) is 20.2. The fraction of sp³-hybridized carbons (Fsp3) is 0.429. The summed E-state index contributed by atoms with van der Waals surface area (Å²) in [4.78, 5) is 7.27. The lowest BCUT2D eigenvalue weighted by molar-refractivity contribution is 0.0982. The Kier molecular flexibility index (Phi) is 4.40. The van der Waals surface area contributed by atoms with Crippen molar-refractivity contribution in [2.45, 2.75) is 45.8 Å². The van der Waals surface area contributed by atoms with Gasteiger partial charge in [-0.2, -0.15) is 5.10 Å². The maximum atomic E-state index is 9.58. The average Bonchev–Trinajstić information content (AvgIpc) is 3.00. The summed E-state index contributed by atoms with van der Waals surface area (Å²) >= 11 is 0. The maximum absolute atomic E-state index is 9.58. The van der Waals surface area contributed by atoms with Gasteiger partial charge in [-0.15, -0.1) is 0 Å². The fourth-order valence-electron chi connectivity index (χ4n) is 3.87. The number of aromatic nitrogens is 3. The van der Waals surface area contributed by atoms with Crippen molar-refractivity contribution in [2.75, 3.05) is 13.1 Å². The van der Waals surface area contributed by atoms with Gasteiger partial charge in [0.1, 0.15) is 5.75 Å². The Hall–Kier alpha value is -2.44. The Balaban J connectivity index is 1.76. The summed E-state index contributed by atoms with van der Waals surface area (Å²) in [7, 11) is 0. The fourth-order valence-corrected chi connectivity index (χ4v) is 3.87. The van der Waals surface area contributed by atoms with E-state index in [4.69, 9.17) is 4.98 Å². The molecule has 0 aliphatic carbocycles. The molecule has 1 aliphatic rings. The molecule has 27 heavy (non-hydrogen) atoms. The number of H-pyrrole nitrogens is 1. The summed E-state index contributed by atoms with van der Waals surface area (Å²) < 4.78 is 0. The molecule has 0 radical (unpaired) electrons. The number of aryl methyl sites for hydroxylation is 1. The van der Waals surface area contributed by atoms with E-state index in [0.717, 1.165) is 47.6 Å². The van der Waals surface area contributed by atoms with Crippen LogP contribution in [0.2, 0.25) is 0 Å². The molecule has 0 amide bonds. The van der Waals surface area contributed by atoms with Gasteiger partial charge < -0.3 is 10.4 Å². The number of nitrogens with zero attached hydrogens (tertiary/aromatic N) is 3. The average molecular weight is 365 g/mol. The first-order valence-electron chi connectivity index (χ1n) is 9.45.